The predicted molar refractivity (Wildman–Crippen MR) is 65.0 cm³/mol. The molecule has 1 aromatic rings. The summed E-state index contributed by atoms with van der Waals surface area (Å²) in [5.74, 6) is 0.924. The van der Waals surface area contributed by atoms with Gasteiger partial charge in [-0.2, -0.15) is 0 Å². The summed E-state index contributed by atoms with van der Waals surface area (Å²) in [7, 11) is 1.69. The smallest absolute Gasteiger partial charge is 0.147 e. The molecule has 17 heavy (non-hydrogen) atoms. The molecule has 1 N–H and O–H groups in total. The van der Waals surface area contributed by atoms with Crippen LogP contribution >= 0.6 is 0 Å². The predicted octanol–water partition coefficient (Wildman–Crippen LogP) is 1.55. The lowest BCUT2D eigenvalue weighted by Crippen LogP contribution is -2.33. The maximum absolute atomic E-state index is 5.46. The zero-order valence-electron chi connectivity index (χ0n) is 10.1. The Hall–Kier alpha value is -1.10. The molecule has 1 fully saturated rings. The van der Waals surface area contributed by atoms with Crippen LogP contribution in [0.4, 0.5) is 0 Å². The zero-order valence-corrected chi connectivity index (χ0v) is 10.1. The molecule has 1 heterocycles. The van der Waals surface area contributed by atoms with E-state index in [1.807, 2.05) is 18.2 Å². The van der Waals surface area contributed by atoms with Crippen LogP contribution < -0.4 is 10.1 Å². The highest BCUT2D eigenvalue weighted by Crippen LogP contribution is 2.16. The SMILES string of the molecule is COc1ccccc1CNCC1CCOCO1. The van der Waals surface area contributed by atoms with E-state index in [1.54, 1.807) is 7.11 Å². The van der Waals surface area contributed by atoms with Crippen molar-refractivity contribution in [2.24, 2.45) is 0 Å². The maximum atomic E-state index is 5.46. The minimum atomic E-state index is 0.262. The number of nitrogens with one attached hydrogen (secondary N) is 1. The third-order valence-electron chi connectivity index (χ3n) is 2.85. The fourth-order valence-electron chi connectivity index (χ4n) is 1.88. The maximum Gasteiger partial charge on any atom is 0.147 e. The van der Waals surface area contributed by atoms with Gasteiger partial charge in [-0.15, -0.1) is 0 Å². The van der Waals surface area contributed by atoms with Gasteiger partial charge >= 0.3 is 0 Å². The van der Waals surface area contributed by atoms with Gasteiger partial charge in [-0.1, -0.05) is 18.2 Å². The minimum absolute atomic E-state index is 0.262. The molecule has 1 unspecified atom stereocenters. The second kappa shape index (κ2) is 6.59. The van der Waals surface area contributed by atoms with Gasteiger partial charge in [-0.3, -0.25) is 0 Å². The van der Waals surface area contributed by atoms with E-state index in [2.05, 4.69) is 11.4 Å². The van der Waals surface area contributed by atoms with Crippen LogP contribution in [0.5, 0.6) is 5.75 Å². The first kappa shape index (κ1) is 12.4. The van der Waals surface area contributed by atoms with Crippen molar-refractivity contribution in [2.75, 3.05) is 27.1 Å². The van der Waals surface area contributed by atoms with Gasteiger partial charge in [0.15, 0.2) is 0 Å². The molecule has 0 radical (unpaired) electrons. The van der Waals surface area contributed by atoms with Crippen LogP contribution in [0.3, 0.4) is 0 Å². The summed E-state index contributed by atoms with van der Waals surface area (Å²) < 4.78 is 15.9. The molecule has 0 aromatic heterocycles. The summed E-state index contributed by atoms with van der Waals surface area (Å²) in [5.41, 5.74) is 1.17. The van der Waals surface area contributed by atoms with E-state index >= 15 is 0 Å². The second-order valence-electron chi connectivity index (χ2n) is 4.05. The van der Waals surface area contributed by atoms with Crippen molar-refractivity contribution < 1.29 is 14.2 Å². The van der Waals surface area contributed by atoms with Gasteiger partial charge in [-0.25, -0.2) is 0 Å². The molecular formula is C13H19NO3. The van der Waals surface area contributed by atoms with Gasteiger partial charge in [0, 0.05) is 18.7 Å². The van der Waals surface area contributed by atoms with Crippen LogP contribution in [0.25, 0.3) is 0 Å². The molecule has 0 aliphatic carbocycles. The van der Waals surface area contributed by atoms with Gasteiger partial charge < -0.3 is 19.5 Å². The average molecular weight is 237 g/mol. The Labute approximate surface area is 102 Å². The Bertz CT molecular complexity index is 337. The van der Waals surface area contributed by atoms with E-state index in [1.165, 1.54) is 5.56 Å². The lowest BCUT2D eigenvalue weighted by molar-refractivity contribution is -0.137. The molecule has 1 saturated heterocycles. The quantitative estimate of drug-likeness (QED) is 0.843. The lowest BCUT2D eigenvalue weighted by atomic mass is 10.2. The topological polar surface area (TPSA) is 39.7 Å². The molecule has 2 rings (SSSR count). The summed E-state index contributed by atoms with van der Waals surface area (Å²) >= 11 is 0. The second-order valence-corrected chi connectivity index (χ2v) is 4.05. The third-order valence-corrected chi connectivity index (χ3v) is 2.85. The first-order valence-corrected chi connectivity index (χ1v) is 5.92. The number of hydrogen-bond acceptors (Lipinski definition) is 4. The number of methoxy groups -OCH3 is 1. The zero-order chi connectivity index (χ0) is 11.9. The standard InChI is InChI=1S/C13H19NO3/c1-15-13-5-3-2-4-11(13)8-14-9-12-6-7-16-10-17-12/h2-5,12,14H,6-10H2,1H3. The van der Waals surface area contributed by atoms with Crippen LogP contribution in [-0.2, 0) is 16.0 Å². The summed E-state index contributed by atoms with van der Waals surface area (Å²) in [6, 6.07) is 8.03. The number of hydrogen-bond donors (Lipinski definition) is 1. The van der Waals surface area contributed by atoms with Crippen molar-refractivity contribution in [1.29, 1.82) is 0 Å². The fraction of sp³-hybridized carbons (Fsp3) is 0.538. The van der Waals surface area contributed by atoms with E-state index in [0.29, 0.717) is 6.79 Å². The molecule has 1 atom stereocenters. The van der Waals surface area contributed by atoms with Gasteiger partial charge in [0.05, 0.1) is 19.8 Å². The van der Waals surface area contributed by atoms with E-state index in [-0.39, 0.29) is 6.10 Å². The molecule has 4 heteroatoms. The monoisotopic (exact) mass is 237 g/mol. The molecule has 0 amide bonds. The summed E-state index contributed by atoms with van der Waals surface area (Å²) in [5, 5.41) is 3.39. The van der Waals surface area contributed by atoms with Gasteiger partial charge in [0.1, 0.15) is 12.5 Å². The first-order valence-electron chi connectivity index (χ1n) is 5.92. The normalized spacial score (nSPS) is 20.2. The Morgan fingerprint density at radius 3 is 3.06 bits per heavy atom. The summed E-state index contributed by atoms with van der Waals surface area (Å²) in [4.78, 5) is 0. The van der Waals surface area contributed by atoms with Crippen molar-refractivity contribution in [2.45, 2.75) is 19.1 Å². The van der Waals surface area contributed by atoms with Crippen molar-refractivity contribution in [3.05, 3.63) is 29.8 Å². The van der Waals surface area contributed by atoms with Crippen LogP contribution in [0.2, 0.25) is 0 Å². The fourth-order valence-corrected chi connectivity index (χ4v) is 1.88. The van der Waals surface area contributed by atoms with Gasteiger partial charge in [-0.05, 0) is 12.5 Å². The summed E-state index contributed by atoms with van der Waals surface area (Å²) in [6.07, 6.45) is 1.22. The highest BCUT2D eigenvalue weighted by atomic mass is 16.7. The highest BCUT2D eigenvalue weighted by Gasteiger charge is 2.13. The molecule has 1 aliphatic heterocycles. The van der Waals surface area contributed by atoms with Crippen LogP contribution in [0.1, 0.15) is 12.0 Å². The molecular weight excluding hydrogens is 218 g/mol. The number of rotatable bonds is 5. The highest BCUT2D eigenvalue weighted by molar-refractivity contribution is 5.32. The molecule has 0 saturated carbocycles. The van der Waals surface area contributed by atoms with Crippen LogP contribution in [-0.4, -0.2) is 33.2 Å². The largest absolute Gasteiger partial charge is 0.496 e. The van der Waals surface area contributed by atoms with Crippen molar-refractivity contribution in [3.8, 4) is 5.75 Å². The van der Waals surface area contributed by atoms with Crippen LogP contribution in [0.15, 0.2) is 24.3 Å². The van der Waals surface area contributed by atoms with Crippen molar-refractivity contribution >= 4 is 0 Å². The molecule has 4 nitrogen and oxygen atoms in total. The third kappa shape index (κ3) is 3.70. The Kier molecular flexibility index (Phi) is 4.79. The summed E-state index contributed by atoms with van der Waals surface area (Å²) in [6.45, 7) is 2.86. The van der Waals surface area contributed by atoms with E-state index in [9.17, 15) is 0 Å². The number of ether oxygens (including phenoxy) is 3. The molecule has 1 aliphatic rings. The molecule has 94 valence electrons. The molecule has 0 bridgehead atoms. The van der Waals surface area contributed by atoms with Crippen molar-refractivity contribution in [3.63, 3.8) is 0 Å². The van der Waals surface area contributed by atoms with Crippen molar-refractivity contribution in [1.82, 2.24) is 5.32 Å². The minimum Gasteiger partial charge on any atom is -0.496 e. The van der Waals surface area contributed by atoms with E-state index < -0.39 is 0 Å². The number of benzene rings is 1. The lowest BCUT2D eigenvalue weighted by Gasteiger charge is -2.23. The number of para-hydroxylation sites is 1. The average Bonchev–Trinajstić information content (AvgIpc) is 2.40. The van der Waals surface area contributed by atoms with Gasteiger partial charge in [0.25, 0.3) is 0 Å². The van der Waals surface area contributed by atoms with Crippen LogP contribution in [0, 0.1) is 0 Å². The van der Waals surface area contributed by atoms with E-state index in [4.69, 9.17) is 14.2 Å². The Balaban J connectivity index is 1.77. The Morgan fingerprint density at radius 1 is 1.41 bits per heavy atom. The van der Waals surface area contributed by atoms with E-state index in [0.717, 1.165) is 31.9 Å². The molecule has 0 spiro atoms. The Morgan fingerprint density at radius 2 is 2.29 bits per heavy atom. The van der Waals surface area contributed by atoms with Gasteiger partial charge in [0.2, 0.25) is 0 Å². The first-order chi connectivity index (χ1) is 8.40. The molecule has 1 aromatic carbocycles.